The Kier molecular flexibility index (Phi) is 10.1. The van der Waals surface area contributed by atoms with Gasteiger partial charge >= 0.3 is 0 Å². The Labute approximate surface area is 198 Å². The van der Waals surface area contributed by atoms with E-state index >= 15 is 0 Å². The molecule has 2 aromatic rings. The highest BCUT2D eigenvalue weighted by molar-refractivity contribution is 14.0. The van der Waals surface area contributed by atoms with E-state index in [1.807, 2.05) is 19.3 Å². The van der Waals surface area contributed by atoms with Gasteiger partial charge < -0.3 is 15.2 Å². The van der Waals surface area contributed by atoms with Crippen molar-refractivity contribution in [2.75, 3.05) is 33.2 Å². The van der Waals surface area contributed by atoms with Gasteiger partial charge in [0.05, 0.1) is 0 Å². The fraction of sp³-hybridized carbons (Fsp3) is 0.565. The topological polar surface area (TPSA) is 57.5 Å². The number of rotatable bonds is 8. The van der Waals surface area contributed by atoms with E-state index < -0.39 is 0 Å². The number of halogens is 1. The van der Waals surface area contributed by atoms with Crippen molar-refractivity contribution in [2.24, 2.45) is 4.99 Å². The summed E-state index contributed by atoms with van der Waals surface area (Å²) in [6.45, 7) is 9.58. The highest BCUT2D eigenvalue weighted by Crippen LogP contribution is 2.19. The van der Waals surface area contributed by atoms with Crippen molar-refractivity contribution in [1.82, 2.24) is 25.1 Å². The molecule has 0 amide bonds. The van der Waals surface area contributed by atoms with Gasteiger partial charge in [0.15, 0.2) is 5.96 Å². The Hall–Kier alpha value is -1.61. The lowest BCUT2D eigenvalue weighted by atomic mass is 9.98. The number of guanidine groups is 1. The third-order valence-corrected chi connectivity index (χ3v) is 5.76. The zero-order valence-corrected chi connectivity index (χ0v) is 20.9. The molecular formula is C23H37IN6. The Morgan fingerprint density at radius 1 is 1.10 bits per heavy atom. The van der Waals surface area contributed by atoms with Crippen LogP contribution in [0.5, 0.6) is 0 Å². The van der Waals surface area contributed by atoms with Gasteiger partial charge in [-0.1, -0.05) is 36.8 Å². The van der Waals surface area contributed by atoms with E-state index in [9.17, 15) is 0 Å². The number of hydrogen-bond donors (Lipinski definition) is 2. The first-order valence-electron chi connectivity index (χ1n) is 10.8. The van der Waals surface area contributed by atoms with Crippen LogP contribution in [0.3, 0.4) is 0 Å². The summed E-state index contributed by atoms with van der Waals surface area (Å²) in [5.41, 5.74) is 1.42. The van der Waals surface area contributed by atoms with Crippen LogP contribution in [0.25, 0.3) is 0 Å². The van der Waals surface area contributed by atoms with E-state index in [2.05, 4.69) is 74.4 Å². The van der Waals surface area contributed by atoms with Gasteiger partial charge in [0.25, 0.3) is 0 Å². The molecule has 1 fully saturated rings. The normalized spacial score (nSPS) is 15.5. The van der Waals surface area contributed by atoms with Gasteiger partial charge in [-0.05, 0) is 45.3 Å². The SMILES string of the molecule is CN=C(NCCc1nccn1Cc1ccccc1)NCC(C)(C)N1CCCCC1.I. The summed E-state index contributed by atoms with van der Waals surface area (Å²) in [6, 6.07) is 10.5. The molecule has 0 bridgehead atoms. The minimum absolute atomic E-state index is 0. The van der Waals surface area contributed by atoms with Crippen LogP contribution in [0.15, 0.2) is 47.7 Å². The molecule has 3 rings (SSSR count). The number of imidazole rings is 1. The van der Waals surface area contributed by atoms with Crippen molar-refractivity contribution in [2.45, 2.75) is 51.6 Å². The van der Waals surface area contributed by atoms with Gasteiger partial charge in [-0.2, -0.15) is 0 Å². The zero-order chi connectivity index (χ0) is 20.5. The lowest BCUT2D eigenvalue weighted by Gasteiger charge is -2.41. The molecule has 166 valence electrons. The van der Waals surface area contributed by atoms with E-state index in [4.69, 9.17) is 0 Å². The Balaban J connectivity index is 0.00000320. The second kappa shape index (κ2) is 12.3. The predicted molar refractivity (Wildman–Crippen MR) is 136 cm³/mol. The fourth-order valence-electron chi connectivity index (χ4n) is 3.92. The summed E-state index contributed by atoms with van der Waals surface area (Å²) in [6.07, 6.45) is 8.78. The third-order valence-electron chi connectivity index (χ3n) is 5.76. The van der Waals surface area contributed by atoms with Crippen LogP contribution in [0.4, 0.5) is 0 Å². The molecule has 1 aliphatic rings. The molecule has 1 saturated heterocycles. The fourth-order valence-corrected chi connectivity index (χ4v) is 3.92. The summed E-state index contributed by atoms with van der Waals surface area (Å²) in [4.78, 5) is 11.5. The quantitative estimate of drug-likeness (QED) is 0.315. The van der Waals surface area contributed by atoms with Crippen molar-refractivity contribution in [3.8, 4) is 0 Å². The molecule has 1 aliphatic heterocycles. The molecule has 0 saturated carbocycles. The van der Waals surface area contributed by atoms with E-state index in [0.717, 1.165) is 37.8 Å². The molecule has 30 heavy (non-hydrogen) atoms. The molecule has 0 unspecified atom stereocenters. The average Bonchev–Trinajstić information content (AvgIpc) is 3.18. The molecule has 1 aromatic carbocycles. The highest BCUT2D eigenvalue weighted by atomic mass is 127. The molecule has 2 N–H and O–H groups in total. The molecule has 0 aliphatic carbocycles. The molecule has 0 spiro atoms. The number of likely N-dealkylation sites (tertiary alicyclic amines) is 1. The van der Waals surface area contributed by atoms with Crippen molar-refractivity contribution < 1.29 is 0 Å². The Morgan fingerprint density at radius 2 is 1.83 bits per heavy atom. The molecule has 0 atom stereocenters. The predicted octanol–water partition coefficient (Wildman–Crippen LogP) is 3.52. The maximum atomic E-state index is 4.54. The Morgan fingerprint density at radius 3 is 2.53 bits per heavy atom. The molecule has 0 radical (unpaired) electrons. The molecule has 7 heteroatoms. The van der Waals surface area contributed by atoms with Crippen LogP contribution < -0.4 is 10.6 Å². The third kappa shape index (κ3) is 7.27. The van der Waals surface area contributed by atoms with Crippen LogP contribution >= 0.6 is 24.0 Å². The minimum Gasteiger partial charge on any atom is -0.356 e. The van der Waals surface area contributed by atoms with E-state index in [0.29, 0.717) is 0 Å². The maximum absolute atomic E-state index is 4.54. The molecule has 6 nitrogen and oxygen atoms in total. The molecular weight excluding hydrogens is 487 g/mol. The first kappa shape index (κ1) is 24.7. The zero-order valence-electron chi connectivity index (χ0n) is 18.6. The summed E-state index contributed by atoms with van der Waals surface area (Å²) in [7, 11) is 1.83. The standard InChI is InChI=1S/C23H36N6.HI/c1-23(2,29-15-8-5-9-16-29)19-27-22(24-3)26-13-12-21-25-14-17-28(21)18-20-10-6-4-7-11-20;/h4,6-7,10-11,14,17H,5,8-9,12-13,15-16,18-19H2,1-3H3,(H2,24,26,27);1H. The molecule has 2 heterocycles. The summed E-state index contributed by atoms with van der Waals surface area (Å²) >= 11 is 0. The maximum Gasteiger partial charge on any atom is 0.191 e. The van der Waals surface area contributed by atoms with Gasteiger partial charge in [-0.25, -0.2) is 4.98 Å². The summed E-state index contributed by atoms with van der Waals surface area (Å²) in [5, 5.41) is 6.95. The van der Waals surface area contributed by atoms with Crippen LogP contribution in [-0.4, -0.2) is 59.2 Å². The smallest absolute Gasteiger partial charge is 0.191 e. The van der Waals surface area contributed by atoms with Gasteiger partial charge in [-0.3, -0.25) is 9.89 Å². The van der Waals surface area contributed by atoms with Gasteiger partial charge in [0.1, 0.15) is 5.82 Å². The van der Waals surface area contributed by atoms with Crippen molar-refractivity contribution >= 4 is 29.9 Å². The van der Waals surface area contributed by atoms with Crippen molar-refractivity contribution in [3.63, 3.8) is 0 Å². The van der Waals surface area contributed by atoms with Crippen LogP contribution in [0.2, 0.25) is 0 Å². The number of piperidine rings is 1. The number of aliphatic imine (C=N–C) groups is 1. The highest BCUT2D eigenvalue weighted by Gasteiger charge is 2.27. The number of benzene rings is 1. The van der Waals surface area contributed by atoms with Crippen molar-refractivity contribution in [1.29, 1.82) is 0 Å². The Bertz CT molecular complexity index is 765. The van der Waals surface area contributed by atoms with Crippen LogP contribution in [0.1, 0.15) is 44.5 Å². The monoisotopic (exact) mass is 524 g/mol. The second-order valence-electron chi connectivity index (χ2n) is 8.42. The lowest BCUT2D eigenvalue weighted by molar-refractivity contribution is 0.0982. The van der Waals surface area contributed by atoms with Crippen LogP contribution in [0, 0.1) is 0 Å². The van der Waals surface area contributed by atoms with Gasteiger partial charge in [-0.15, -0.1) is 24.0 Å². The van der Waals surface area contributed by atoms with Crippen molar-refractivity contribution in [3.05, 3.63) is 54.1 Å². The number of hydrogen-bond acceptors (Lipinski definition) is 3. The summed E-state index contributed by atoms with van der Waals surface area (Å²) in [5.74, 6) is 1.95. The lowest BCUT2D eigenvalue weighted by Crippen LogP contribution is -2.55. The van der Waals surface area contributed by atoms with E-state index in [1.54, 1.807) is 0 Å². The number of aromatic nitrogens is 2. The number of nitrogens with zero attached hydrogens (tertiary/aromatic N) is 4. The first-order valence-corrected chi connectivity index (χ1v) is 10.8. The van der Waals surface area contributed by atoms with E-state index in [-0.39, 0.29) is 29.5 Å². The van der Waals surface area contributed by atoms with Gasteiger partial charge in [0.2, 0.25) is 0 Å². The molecule has 1 aromatic heterocycles. The second-order valence-corrected chi connectivity index (χ2v) is 8.42. The summed E-state index contributed by atoms with van der Waals surface area (Å²) < 4.78 is 2.21. The van der Waals surface area contributed by atoms with Crippen LogP contribution in [-0.2, 0) is 13.0 Å². The minimum atomic E-state index is 0. The number of nitrogens with one attached hydrogen (secondary N) is 2. The largest absolute Gasteiger partial charge is 0.356 e. The first-order chi connectivity index (χ1) is 14.1. The van der Waals surface area contributed by atoms with E-state index in [1.165, 1.54) is 37.9 Å². The van der Waals surface area contributed by atoms with Gasteiger partial charge in [0, 0.05) is 51.0 Å². The average molecular weight is 524 g/mol.